The first-order valence-corrected chi connectivity index (χ1v) is 8.42. The zero-order valence-corrected chi connectivity index (χ0v) is 13.6. The molecule has 23 heavy (non-hydrogen) atoms. The van der Waals surface area contributed by atoms with Crippen molar-refractivity contribution in [3.8, 4) is 0 Å². The maximum atomic E-state index is 11.4. The van der Waals surface area contributed by atoms with Crippen LogP contribution in [0, 0.1) is 16.0 Å². The van der Waals surface area contributed by atoms with E-state index in [1.54, 1.807) is 12.1 Å². The topological polar surface area (TPSA) is 75.8 Å². The third-order valence-corrected chi connectivity index (χ3v) is 5.12. The number of anilines is 1. The molecule has 0 radical (unpaired) electrons. The van der Waals surface area contributed by atoms with E-state index in [0.29, 0.717) is 30.5 Å². The first kappa shape index (κ1) is 16.5. The number of rotatable bonds is 3. The minimum Gasteiger partial charge on any atom is -0.393 e. The summed E-state index contributed by atoms with van der Waals surface area (Å²) in [6, 6.07) is 4.72. The van der Waals surface area contributed by atoms with E-state index in [0.717, 1.165) is 25.7 Å². The summed E-state index contributed by atoms with van der Waals surface area (Å²) >= 11 is 5.92. The second-order valence-corrected chi connectivity index (χ2v) is 6.68. The lowest BCUT2D eigenvalue weighted by atomic mass is 9.80. The van der Waals surface area contributed by atoms with Crippen molar-refractivity contribution in [2.45, 2.75) is 37.8 Å². The second-order valence-electron chi connectivity index (χ2n) is 6.24. The summed E-state index contributed by atoms with van der Waals surface area (Å²) in [6.07, 6.45) is 3.45. The van der Waals surface area contributed by atoms with Crippen molar-refractivity contribution in [2.75, 3.05) is 24.7 Å². The molecule has 0 amide bonds. The molecule has 1 saturated carbocycles. The fourth-order valence-electron chi connectivity index (χ4n) is 3.75. The van der Waals surface area contributed by atoms with E-state index in [2.05, 4.69) is 0 Å². The number of aliphatic hydroxyl groups excluding tert-OH is 1. The highest BCUT2D eigenvalue weighted by Crippen LogP contribution is 2.37. The predicted molar refractivity (Wildman–Crippen MR) is 88.0 cm³/mol. The monoisotopic (exact) mass is 340 g/mol. The van der Waals surface area contributed by atoms with Gasteiger partial charge in [0.05, 0.1) is 30.3 Å². The summed E-state index contributed by atoms with van der Waals surface area (Å²) < 4.78 is 5.61. The van der Waals surface area contributed by atoms with Crippen molar-refractivity contribution in [1.82, 2.24) is 0 Å². The normalized spacial score (nSPS) is 28.6. The van der Waals surface area contributed by atoms with Crippen LogP contribution in [0.5, 0.6) is 0 Å². The maximum Gasteiger partial charge on any atom is 0.294 e. The average Bonchev–Trinajstić information content (AvgIpc) is 2.55. The van der Waals surface area contributed by atoms with Crippen molar-refractivity contribution in [1.29, 1.82) is 0 Å². The number of hydrogen-bond acceptors (Lipinski definition) is 5. The summed E-state index contributed by atoms with van der Waals surface area (Å²) in [4.78, 5) is 13.0. The van der Waals surface area contributed by atoms with Gasteiger partial charge in [-0.05, 0) is 25.0 Å². The first-order valence-electron chi connectivity index (χ1n) is 8.04. The number of ether oxygens (including phenoxy) is 1. The fourth-order valence-corrected chi connectivity index (χ4v) is 3.92. The van der Waals surface area contributed by atoms with Gasteiger partial charge in [0, 0.05) is 23.6 Å². The largest absolute Gasteiger partial charge is 0.393 e. The van der Waals surface area contributed by atoms with Gasteiger partial charge in [-0.15, -0.1) is 0 Å². The molecule has 1 heterocycles. The molecule has 1 aliphatic heterocycles. The SMILES string of the molecule is O=[N+]([O-])c1cc(Cl)ccc1N1CCOC[C@@H]1[C@H]1CCCC[C@@H]1O. The third kappa shape index (κ3) is 3.44. The van der Waals surface area contributed by atoms with Gasteiger partial charge in [0.15, 0.2) is 0 Å². The number of nitro groups is 1. The second kappa shape index (κ2) is 7.03. The predicted octanol–water partition coefficient (Wildman–Crippen LogP) is 3.00. The smallest absolute Gasteiger partial charge is 0.294 e. The molecule has 0 bridgehead atoms. The Hall–Kier alpha value is -1.37. The van der Waals surface area contributed by atoms with Crippen molar-refractivity contribution >= 4 is 23.0 Å². The Kier molecular flexibility index (Phi) is 5.04. The average molecular weight is 341 g/mol. The summed E-state index contributed by atoms with van der Waals surface area (Å²) in [7, 11) is 0. The highest BCUT2D eigenvalue weighted by molar-refractivity contribution is 6.30. The van der Waals surface area contributed by atoms with Gasteiger partial charge in [-0.25, -0.2) is 0 Å². The van der Waals surface area contributed by atoms with Crippen LogP contribution in [0.3, 0.4) is 0 Å². The van der Waals surface area contributed by atoms with Gasteiger partial charge in [0.2, 0.25) is 0 Å². The van der Waals surface area contributed by atoms with Crippen molar-refractivity contribution in [3.63, 3.8) is 0 Å². The standard InChI is InChI=1S/C16H21ClN2O4/c17-11-5-6-13(14(9-11)19(21)22)18-7-8-23-10-15(18)12-3-1-2-4-16(12)20/h5-6,9,12,15-16,20H,1-4,7-8,10H2/t12-,15-,16+/m1/s1. The Morgan fingerprint density at radius 2 is 2.13 bits per heavy atom. The summed E-state index contributed by atoms with van der Waals surface area (Å²) in [6.45, 7) is 1.59. The van der Waals surface area contributed by atoms with Gasteiger partial charge < -0.3 is 14.7 Å². The Balaban J connectivity index is 1.94. The van der Waals surface area contributed by atoms with Gasteiger partial charge >= 0.3 is 0 Å². The molecule has 1 aliphatic carbocycles. The van der Waals surface area contributed by atoms with Crippen molar-refractivity contribution in [3.05, 3.63) is 33.3 Å². The zero-order chi connectivity index (χ0) is 16.4. The lowest BCUT2D eigenvalue weighted by Crippen LogP contribution is -2.53. The first-order chi connectivity index (χ1) is 11.1. The molecule has 7 heteroatoms. The molecule has 2 fully saturated rings. The molecule has 126 valence electrons. The number of nitrogens with zero attached hydrogens (tertiary/aromatic N) is 2. The number of aliphatic hydroxyl groups is 1. The summed E-state index contributed by atoms with van der Waals surface area (Å²) in [5, 5.41) is 22.1. The van der Waals surface area contributed by atoms with Gasteiger partial charge in [-0.2, -0.15) is 0 Å². The molecule has 1 N–H and O–H groups in total. The van der Waals surface area contributed by atoms with Crippen molar-refractivity contribution in [2.24, 2.45) is 5.92 Å². The quantitative estimate of drug-likeness (QED) is 0.676. The van der Waals surface area contributed by atoms with Gasteiger partial charge in [0.1, 0.15) is 5.69 Å². The lowest BCUT2D eigenvalue weighted by molar-refractivity contribution is -0.384. The summed E-state index contributed by atoms with van der Waals surface area (Å²) in [5.74, 6) is 0.0827. The number of morpholine rings is 1. The number of hydrogen-bond donors (Lipinski definition) is 1. The minimum absolute atomic E-state index is 0.00898. The van der Waals surface area contributed by atoms with Gasteiger partial charge in [-0.3, -0.25) is 10.1 Å². The molecule has 1 saturated heterocycles. The van der Waals surface area contributed by atoms with E-state index in [1.807, 2.05) is 4.90 Å². The highest BCUT2D eigenvalue weighted by Gasteiger charge is 2.38. The molecule has 1 aromatic rings. The van der Waals surface area contributed by atoms with E-state index in [4.69, 9.17) is 16.3 Å². The molecular formula is C16H21ClN2O4. The maximum absolute atomic E-state index is 11.4. The number of benzene rings is 1. The molecule has 0 unspecified atom stereocenters. The van der Waals surface area contributed by atoms with Crippen LogP contribution in [0.2, 0.25) is 5.02 Å². The van der Waals surface area contributed by atoms with Crippen LogP contribution in [0.15, 0.2) is 18.2 Å². The molecular weight excluding hydrogens is 320 g/mol. The Bertz CT molecular complexity index is 583. The third-order valence-electron chi connectivity index (χ3n) is 4.88. The zero-order valence-electron chi connectivity index (χ0n) is 12.9. The van der Waals surface area contributed by atoms with E-state index >= 15 is 0 Å². The van der Waals surface area contributed by atoms with Crippen LogP contribution in [-0.2, 0) is 4.74 Å². The van der Waals surface area contributed by atoms with Gasteiger partial charge in [-0.1, -0.05) is 24.4 Å². The molecule has 2 aliphatic rings. The Labute approximate surface area is 140 Å². The molecule has 0 spiro atoms. The molecule has 1 aromatic carbocycles. The molecule has 6 nitrogen and oxygen atoms in total. The van der Waals surface area contributed by atoms with E-state index < -0.39 is 4.92 Å². The fraction of sp³-hybridized carbons (Fsp3) is 0.625. The number of nitro benzene ring substituents is 1. The van der Waals surface area contributed by atoms with Crippen LogP contribution in [-0.4, -0.2) is 41.9 Å². The Morgan fingerprint density at radius 3 is 2.87 bits per heavy atom. The summed E-state index contributed by atoms with van der Waals surface area (Å²) in [5.41, 5.74) is 0.570. The van der Waals surface area contributed by atoms with Crippen LogP contribution in [0.25, 0.3) is 0 Å². The van der Waals surface area contributed by atoms with Crippen LogP contribution in [0.1, 0.15) is 25.7 Å². The number of halogens is 1. The van der Waals surface area contributed by atoms with E-state index in [-0.39, 0.29) is 23.8 Å². The highest BCUT2D eigenvalue weighted by atomic mass is 35.5. The molecule has 3 rings (SSSR count). The van der Waals surface area contributed by atoms with Gasteiger partial charge in [0.25, 0.3) is 5.69 Å². The van der Waals surface area contributed by atoms with Crippen molar-refractivity contribution < 1.29 is 14.8 Å². The Morgan fingerprint density at radius 1 is 1.35 bits per heavy atom. The van der Waals surface area contributed by atoms with E-state index in [1.165, 1.54) is 6.07 Å². The molecule has 3 atom stereocenters. The van der Waals surface area contributed by atoms with Crippen LogP contribution < -0.4 is 4.90 Å². The molecule has 0 aromatic heterocycles. The van der Waals surface area contributed by atoms with Crippen LogP contribution >= 0.6 is 11.6 Å². The van der Waals surface area contributed by atoms with Crippen LogP contribution in [0.4, 0.5) is 11.4 Å². The lowest BCUT2D eigenvalue weighted by Gasteiger charge is -2.44. The van der Waals surface area contributed by atoms with E-state index in [9.17, 15) is 15.2 Å². The minimum atomic E-state index is -0.398.